The van der Waals surface area contributed by atoms with Crippen molar-refractivity contribution < 1.29 is 23.8 Å². The van der Waals surface area contributed by atoms with Gasteiger partial charge in [0.1, 0.15) is 5.65 Å². The lowest BCUT2D eigenvalue weighted by Crippen LogP contribution is -2.19. The third-order valence-electron chi connectivity index (χ3n) is 6.32. The second kappa shape index (κ2) is 11.2. The molecule has 0 unspecified atom stereocenters. The Bertz CT molecular complexity index is 1530. The van der Waals surface area contributed by atoms with Crippen LogP contribution in [-0.2, 0) is 29.0 Å². The number of carbonyl (C=O) groups is 2. The molecule has 1 aliphatic heterocycles. The van der Waals surface area contributed by atoms with Gasteiger partial charge in [-0.15, -0.1) is 0 Å². The second-order valence-electron chi connectivity index (χ2n) is 9.68. The highest BCUT2D eigenvalue weighted by Crippen LogP contribution is 2.37. The summed E-state index contributed by atoms with van der Waals surface area (Å²) in [5.41, 5.74) is 3.58. The van der Waals surface area contributed by atoms with Gasteiger partial charge in [-0.05, 0) is 29.2 Å². The van der Waals surface area contributed by atoms with Crippen LogP contribution in [0.2, 0.25) is 5.02 Å². The second-order valence-corrected chi connectivity index (χ2v) is 10.1. The number of carbonyl (C=O) groups excluding carboxylic acids is 2. The molecule has 3 heterocycles. The van der Waals surface area contributed by atoms with Crippen molar-refractivity contribution in [1.29, 1.82) is 0 Å². The molecule has 202 valence electrons. The molecule has 1 aliphatic rings. The van der Waals surface area contributed by atoms with Crippen LogP contribution in [0.25, 0.3) is 11.0 Å². The monoisotopic (exact) mass is 548 g/mol. The lowest BCUT2D eigenvalue weighted by Gasteiger charge is -2.12. The van der Waals surface area contributed by atoms with Gasteiger partial charge in [-0.2, -0.15) is 0 Å². The highest BCUT2D eigenvalue weighted by Gasteiger charge is 2.27. The maximum atomic E-state index is 13.1. The number of hydrogen-bond acceptors (Lipinski definition) is 7. The third kappa shape index (κ3) is 5.63. The molecule has 2 aromatic carbocycles. The minimum absolute atomic E-state index is 0.159. The number of anilines is 2. The van der Waals surface area contributed by atoms with Crippen LogP contribution < -0.4 is 20.1 Å². The molecule has 2 N–H and O–H groups in total. The first-order valence-corrected chi connectivity index (χ1v) is 13.0. The van der Waals surface area contributed by atoms with Gasteiger partial charge < -0.3 is 29.4 Å². The van der Waals surface area contributed by atoms with Crippen molar-refractivity contribution in [3.05, 3.63) is 76.6 Å². The van der Waals surface area contributed by atoms with Crippen LogP contribution in [0.4, 0.5) is 11.4 Å². The summed E-state index contributed by atoms with van der Waals surface area (Å²) >= 11 is 6.45. The van der Waals surface area contributed by atoms with Crippen LogP contribution in [0.1, 0.15) is 35.5 Å². The van der Waals surface area contributed by atoms with E-state index < -0.39 is 5.97 Å². The lowest BCUT2D eigenvalue weighted by molar-refractivity contribution is -0.115. The van der Waals surface area contributed by atoms with Gasteiger partial charge in [-0.1, -0.05) is 55.8 Å². The summed E-state index contributed by atoms with van der Waals surface area (Å²) < 4.78 is 17.8. The number of hydrogen-bond donors (Lipinski definition) is 2. The standard InChI is InChI=1S/C29H29ClN4O5/c1-17(2)15-34-27(29(36)37-3)26(33-25(35)9-18-7-5-4-6-8-18)21-11-20(14-32-28(21)34)31-13-19-10-23-24(12-22(19)30)39-16-38-23/h4-8,10-12,14,17,31H,9,13,15-16H2,1-3H3,(H,33,35). The Morgan fingerprint density at radius 1 is 1.13 bits per heavy atom. The maximum Gasteiger partial charge on any atom is 0.356 e. The number of fused-ring (bicyclic) bond motifs is 2. The molecule has 0 fully saturated rings. The van der Waals surface area contributed by atoms with E-state index in [4.69, 9.17) is 25.8 Å². The number of amides is 1. The molecule has 10 heteroatoms. The van der Waals surface area contributed by atoms with E-state index >= 15 is 0 Å². The summed E-state index contributed by atoms with van der Waals surface area (Å²) in [5.74, 6) is 0.668. The third-order valence-corrected chi connectivity index (χ3v) is 6.67. The Morgan fingerprint density at radius 3 is 2.59 bits per heavy atom. The van der Waals surface area contributed by atoms with E-state index in [0.717, 1.165) is 11.1 Å². The number of nitrogens with zero attached hydrogens (tertiary/aromatic N) is 2. The SMILES string of the molecule is COC(=O)c1c(NC(=O)Cc2ccccc2)c2cc(NCc3cc4c(cc3Cl)OCO4)cnc2n1CC(C)C. The number of halogens is 1. The summed E-state index contributed by atoms with van der Waals surface area (Å²) in [7, 11) is 1.32. The van der Waals surface area contributed by atoms with Crippen molar-refractivity contribution in [1.82, 2.24) is 9.55 Å². The minimum Gasteiger partial charge on any atom is -0.464 e. The first-order chi connectivity index (χ1) is 18.8. The van der Waals surface area contributed by atoms with Crippen molar-refractivity contribution in [2.45, 2.75) is 33.4 Å². The molecular weight excluding hydrogens is 520 g/mol. The van der Waals surface area contributed by atoms with Crippen molar-refractivity contribution in [2.24, 2.45) is 5.92 Å². The number of methoxy groups -OCH3 is 1. The smallest absolute Gasteiger partial charge is 0.356 e. The van der Waals surface area contributed by atoms with E-state index in [1.807, 2.05) is 60.9 Å². The molecule has 1 amide bonds. The van der Waals surface area contributed by atoms with Crippen LogP contribution in [0, 0.1) is 5.92 Å². The number of ether oxygens (including phenoxy) is 3. The molecule has 39 heavy (non-hydrogen) atoms. The molecule has 2 aromatic heterocycles. The molecule has 0 saturated carbocycles. The van der Waals surface area contributed by atoms with E-state index in [9.17, 15) is 9.59 Å². The van der Waals surface area contributed by atoms with Gasteiger partial charge in [-0.25, -0.2) is 9.78 Å². The normalized spacial score (nSPS) is 12.1. The van der Waals surface area contributed by atoms with Crippen LogP contribution >= 0.6 is 11.6 Å². The predicted molar refractivity (Wildman–Crippen MR) is 150 cm³/mol. The Balaban J connectivity index is 1.51. The number of pyridine rings is 1. The fourth-order valence-corrected chi connectivity index (χ4v) is 4.78. The van der Waals surface area contributed by atoms with Gasteiger partial charge in [0.05, 0.1) is 31.1 Å². The Hall–Kier alpha value is -4.24. The van der Waals surface area contributed by atoms with Crippen LogP contribution in [0.5, 0.6) is 11.5 Å². The quantitative estimate of drug-likeness (QED) is 0.260. The predicted octanol–water partition coefficient (Wildman–Crippen LogP) is 5.65. The van der Waals surface area contributed by atoms with E-state index in [1.54, 1.807) is 12.3 Å². The average molecular weight is 549 g/mol. The number of benzene rings is 2. The fourth-order valence-electron chi connectivity index (χ4n) is 4.56. The largest absolute Gasteiger partial charge is 0.464 e. The molecule has 0 radical (unpaired) electrons. The van der Waals surface area contributed by atoms with Crippen molar-refractivity contribution >= 4 is 45.9 Å². The van der Waals surface area contributed by atoms with E-state index in [2.05, 4.69) is 15.6 Å². The van der Waals surface area contributed by atoms with Gasteiger partial charge >= 0.3 is 5.97 Å². The average Bonchev–Trinajstić information content (AvgIpc) is 3.48. The van der Waals surface area contributed by atoms with Gasteiger partial charge in [0.25, 0.3) is 0 Å². The summed E-state index contributed by atoms with van der Waals surface area (Å²) in [6.07, 6.45) is 1.85. The lowest BCUT2D eigenvalue weighted by atomic mass is 10.1. The molecule has 0 saturated heterocycles. The molecule has 0 aliphatic carbocycles. The Labute approximate surface area is 231 Å². The molecule has 0 bridgehead atoms. The zero-order valence-electron chi connectivity index (χ0n) is 21.9. The Morgan fingerprint density at radius 2 is 1.87 bits per heavy atom. The van der Waals surface area contributed by atoms with Gasteiger partial charge in [0.2, 0.25) is 12.7 Å². The Kier molecular flexibility index (Phi) is 7.60. The molecule has 4 aromatic rings. The van der Waals surface area contributed by atoms with Gasteiger partial charge in [-0.3, -0.25) is 4.79 Å². The number of esters is 1. The first-order valence-electron chi connectivity index (χ1n) is 12.6. The summed E-state index contributed by atoms with van der Waals surface area (Å²) in [5, 5.41) is 7.48. The molecule has 5 rings (SSSR count). The summed E-state index contributed by atoms with van der Waals surface area (Å²) in [4.78, 5) is 30.8. The van der Waals surface area contributed by atoms with E-state index in [1.165, 1.54) is 7.11 Å². The van der Waals surface area contributed by atoms with Gasteiger partial charge in [0.15, 0.2) is 17.2 Å². The molecule has 0 atom stereocenters. The topological polar surface area (TPSA) is 104 Å². The van der Waals surface area contributed by atoms with Gasteiger partial charge in [0, 0.05) is 29.6 Å². The van der Waals surface area contributed by atoms with Crippen LogP contribution in [-0.4, -0.2) is 35.3 Å². The number of nitrogens with one attached hydrogen (secondary N) is 2. The summed E-state index contributed by atoms with van der Waals surface area (Å²) in [6.45, 7) is 5.17. The van der Waals surface area contributed by atoms with Crippen molar-refractivity contribution in [3.63, 3.8) is 0 Å². The zero-order chi connectivity index (χ0) is 27.5. The number of aromatic nitrogens is 2. The van der Waals surface area contributed by atoms with E-state index in [0.29, 0.717) is 52.0 Å². The summed E-state index contributed by atoms with van der Waals surface area (Å²) in [6, 6.07) is 14.9. The fraction of sp³-hybridized carbons (Fsp3) is 0.276. The van der Waals surface area contributed by atoms with Crippen molar-refractivity contribution in [3.8, 4) is 11.5 Å². The molecule has 0 spiro atoms. The van der Waals surface area contributed by atoms with E-state index in [-0.39, 0.29) is 30.7 Å². The first kappa shape index (κ1) is 26.4. The van der Waals surface area contributed by atoms with Crippen molar-refractivity contribution in [2.75, 3.05) is 24.5 Å². The zero-order valence-corrected chi connectivity index (χ0v) is 22.7. The minimum atomic E-state index is -0.551. The highest BCUT2D eigenvalue weighted by molar-refractivity contribution is 6.31. The van der Waals surface area contributed by atoms with Crippen LogP contribution in [0.3, 0.4) is 0 Å². The molecule has 9 nitrogen and oxygen atoms in total. The maximum absolute atomic E-state index is 13.1. The molecular formula is C29H29ClN4O5. The highest BCUT2D eigenvalue weighted by atomic mass is 35.5. The van der Waals surface area contributed by atoms with Crippen LogP contribution in [0.15, 0.2) is 54.7 Å². The number of rotatable bonds is 9.